The number of anilines is 1. The third kappa shape index (κ3) is 5.81. The molecule has 0 atom stereocenters. The molecule has 0 unspecified atom stereocenters. The number of ether oxygens (including phenoxy) is 1. The fourth-order valence-corrected chi connectivity index (χ4v) is 3.94. The van der Waals surface area contributed by atoms with Crippen molar-refractivity contribution in [3.8, 4) is 17.2 Å². The Labute approximate surface area is 214 Å². The number of oxazole rings is 1. The second kappa shape index (κ2) is 10.1. The molecule has 0 bridgehead atoms. The average molecular weight is 508 g/mol. The maximum absolute atomic E-state index is 12.6. The summed E-state index contributed by atoms with van der Waals surface area (Å²) in [4.78, 5) is 17.2. The number of fused-ring (bicyclic) bond motifs is 1. The third-order valence-corrected chi connectivity index (χ3v) is 5.86. The first-order chi connectivity index (χ1) is 16.6. The molecule has 4 aromatic rings. The van der Waals surface area contributed by atoms with Crippen LogP contribution in [0, 0.1) is 0 Å². The van der Waals surface area contributed by atoms with Crippen LogP contribution in [0.15, 0.2) is 65.1 Å². The highest BCUT2D eigenvalue weighted by Crippen LogP contribution is 2.29. The fourth-order valence-electron chi connectivity index (χ4n) is 3.49. The lowest BCUT2D eigenvalue weighted by Crippen LogP contribution is -2.34. The van der Waals surface area contributed by atoms with Gasteiger partial charge in [-0.1, -0.05) is 44.5 Å². The molecule has 1 aromatic heterocycles. The van der Waals surface area contributed by atoms with Gasteiger partial charge in [0.05, 0.1) is 11.6 Å². The molecule has 0 fully saturated rings. The Morgan fingerprint density at radius 3 is 2.49 bits per heavy atom. The SMILES string of the molecule is CCOc1ccc(C(=O)NC(=S)Nc2ccc3oc(-c4ccc(C(C)(C)C)cc4)nc3c2)cc1Cl. The summed E-state index contributed by atoms with van der Waals surface area (Å²) >= 11 is 11.5. The monoisotopic (exact) mass is 507 g/mol. The minimum atomic E-state index is -0.379. The van der Waals surface area contributed by atoms with Gasteiger partial charge in [0.25, 0.3) is 5.91 Å². The molecule has 0 spiro atoms. The summed E-state index contributed by atoms with van der Waals surface area (Å²) in [6, 6.07) is 18.5. The lowest BCUT2D eigenvalue weighted by atomic mass is 9.87. The highest BCUT2D eigenvalue weighted by Gasteiger charge is 2.15. The zero-order valence-electron chi connectivity index (χ0n) is 19.9. The number of benzene rings is 3. The molecule has 3 aromatic carbocycles. The van der Waals surface area contributed by atoms with Crippen LogP contribution < -0.4 is 15.4 Å². The zero-order valence-corrected chi connectivity index (χ0v) is 21.5. The number of hydrogen-bond donors (Lipinski definition) is 2. The number of nitrogens with one attached hydrogen (secondary N) is 2. The van der Waals surface area contributed by atoms with Crippen molar-refractivity contribution >= 4 is 51.6 Å². The van der Waals surface area contributed by atoms with Gasteiger partial charge in [0.15, 0.2) is 10.7 Å². The summed E-state index contributed by atoms with van der Waals surface area (Å²) in [5.41, 5.74) is 4.61. The molecule has 180 valence electrons. The lowest BCUT2D eigenvalue weighted by molar-refractivity contribution is 0.0977. The van der Waals surface area contributed by atoms with Crippen LogP contribution in [0.3, 0.4) is 0 Å². The summed E-state index contributed by atoms with van der Waals surface area (Å²) in [7, 11) is 0. The van der Waals surface area contributed by atoms with Crippen molar-refractivity contribution in [3.05, 3.63) is 76.8 Å². The quantitative estimate of drug-likeness (QED) is 0.284. The van der Waals surface area contributed by atoms with E-state index in [1.54, 1.807) is 18.2 Å². The van der Waals surface area contributed by atoms with E-state index < -0.39 is 0 Å². The van der Waals surface area contributed by atoms with Crippen molar-refractivity contribution < 1.29 is 13.9 Å². The van der Waals surface area contributed by atoms with Gasteiger partial charge < -0.3 is 14.5 Å². The van der Waals surface area contributed by atoms with E-state index in [2.05, 4.69) is 48.5 Å². The predicted molar refractivity (Wildman–Crippen MR) is 144 cm³/mol. The molecule has 0 aliphatic rings. The average Bonchev–Trinajstić information content (AvgIpc) is 3.23. The normalized spacial score (nSPS) is 11.3. The minimum Gasteiger partial charge on any atom is -0.492 e. The fraction of sp³-hybridized carbons (Fsp3) is 0.222. The van der Waals surface area contributed by atoms with Gasteiger partial charge in [-0.3, -0.25) is 10.1 Å². The Hall–Kier alpha value is -3.42. The Balaban J connectivity index is 1.44. The van der Waals surface area contributed by atoms with Crippen molar-refractivity contribution in [2.45, 2.75) is 33.1 Å². The van der Waals surface area contributed by atoms with Crippen molar-refractivity contribution in [1.29, 1.82) is 0 Å². The highest BCUT2D eigenvalue weighted by atomic mass is 35.5. The third-order valence-electron chi connectivity index (χ3n) is 5.36. The van der Waals surface area contributed by atoms with Crippen LogP contribution in [0.2, 0.25) is 5.02 Å². The summed E-state index contributed by atoms with van der Waals surface area (Å²) in [5.74, 6) is 0.689. The van der Waals surface area contributed by atoms with Gasteiger partial charge in [0, 0.05) is 16.8 Å². The number of carbonyl (C=O) groups is 1. The van der Waals surface area contributed by atoms with Gasteiger partial charge >= 0.3 is 0 Å². The van der Waals surface area contributed by atoms with Crippen molar-refractivity contribution in [2.75, 3.05) is 11.9 Å². The van der Waals surface area contributed by atoms with Crippen LogP contribution in [0.4, 0.5) is 5.69 Å². The Morgan fingerprint density at radius 1 is 1.09 bits per heavy atom. The van der Waals surface area contributed by atoms with Gasteiger partial charge in [-0.25, -0.2) is 4.98 Å². The molecule has 0 aliphatic carbocycles. The number of rotatable bonds is 5. The van der Waals surface area contributed by atoms with E-state index in [9.17, 15) is 4.79 Å². The first-order valence-corrected chi connectivity index (χ1v) is 12.0. The Bertz CT molecular complexity index is 1390. The first kappa shape index (κ1) is 24.7. The molecular weight excluding hydrogens is 482 g/mol. The number of aromatic nitrogens is 1. The van der Waals surface area contributed by atoms with E-state index >= 15 is 0 Å². The zero-order chi connectivity index (χ0) is 25.2. The number of carbonyl (C=O) groups excluding carboxylic acids is 1. The summed E-state index contributed by atoms with van der Waals surface area (Å²) in [6.07, 6.45) is 0. The molecule has 0 saturated carbocycles. The van der Waals surface area contributed by atoms with Gasteiger partial charge in [0.1, 0.15) is 11.3 Å². The molecule has 0 aliphatic heterocycles. The summed E-state index contributed by atoms with van der Waals surface area (Å²) in [6.45, 7) is 8.88. The molecule has 2 N–H and O–H groups in total. The maximum Gasteiger partial charge on any atom is 0.257 e. The van der Waals surface area contributed by atoms with E-state index in [1.807, 2.05) is 37.3 Å². The number of hydrogen-bond acceptors (Lipinski definition) is 5. The smallest absolute Gasteiger partial charge is 0.257 e. The van der Waals surface area contributed by atoms with Crippen molar-refractivity contribution in [3.63, 3.8) is 0 Å². The second-order valence-electron chi connectivity index (χ2n) is 9.02. The van der Waals surface area contributed by atoms with Crippen LogP contribution in [-0.2, 0) is 5.41 Å². The van der Waals surface area contributed by atoms with Crippen LogP contribution >= 0.6 is 23.8 Å². The van der Waals surface area contributed by atoms with E-state index in [0.717, 1.165) is 5.56 Å². The number of thiocarbonyl (C=S) groups is 1. The molecule has 8 heteroatoms. The predicted octanol–water partition coefficient (Wildman–Crippen LogP) is 6.97. The highest BCUT2D eigenvalue weighted by molar-refractivity contribution is 7.80. The molecule has 4 rings (SSSR count). The van der Waals surface area contributed by atoms with Crippen molar-refractivity contribution in [1.82, 2.24) is 10.3 Å². The molecule has 35 heavy (non-hydrogen) atoms. The Kier molecular flexibility index (Phi) is 7.10. The van der Waals surface area contributed by atoms with E-state index in [4.69, 9.17) is 33.0 Å². The van der Waals surface area contributed by atoms with E-state index in [1.165, 1.54) is 5.56 Å². The summed E-state index contributed by atoms with van der Waals surface area (Å²) < 4.78 is 11.3. The standard InChI is InChI=1S/C27H26ClN3O3S/c1-5-33-22-12-8-17(14-20(22)28)24(32)31-26(35)29-19-11-13-23-21(15-19)30-25(34-23)16-6-9-18(10-7-16)27(2,3)4/h6-15H,5H2,1-4H3,(H2,29,31,32,35). The topological polar surface area (TPSA) is 76.4 Å². The van der Waals surface area contributed by atoms with E-state index in [-0.39, 0.29) is 16.4 Å². The maximum atomic E-state index is 12.6. The largest absolute Gasteiger partial charge is 0.492 e. The molecule has 1 heterocycles. The molecule has 0 radical (unpaired) electrons. The van der Waals surface area contributed by atoms with Gasteiger partial charge in [0.2, 0.25) is 5.89 Å². The Morgan fingerprint density at radius 2 is 1.83 bits per heavy atom. The number of halogens is 1. The number of nitrogens with zero attached hydrogens (tertiary/aromatic N) is 1. The molecule has 6 nitrogen and oxygen atoms in total. The number of amides is 1. The van der Waals surface area contributed by atoms with Crippen LogP contribution in [0.5, 0.6) is 5.75 Å². The van der Waals surface area contributed by atoms with Crippen molar-refractivity contribution in [2.24, 2.45) is 0 Å². The second-order valence-corrected chi connectivity index (χ2v) is 9.83. The molecular formula is C27H26ClN3O3S. The van der Waals surface area contributed by atoms with Crippen LogP contribution in [0.1, 0.15) is 43.6 Å². The lowest BCUT2D eigenvalue weighted by Gasteiger charge is -2.18. The van der Waals surface area contributed by atoms with Gasteiger partial charge in [-0.2, -0.15) is 0 Å². The van der Waals surface area contributed by atoms with Crippen LogP contribution in [0.25, 0.3) is 22.6 Å². The van der Waals surface area contributed by atoms with Gasteiger partial charge in [-0.05, 0) is 78.7 Å². The molecule has 0 saturated heterocycles. The first-order valence-electron chi connectivity index (χ1n) is 11.2. The molecule has 1 amide bonds. The summed E-state index contributed by atoms with van der Waals surface area (Å²) in [5, 5.41) is 6.19. The van der Waals surface area contributed by atoms with E-state index in [0.29, 0.717) is 45.6 Å². The van der Waals surface area contributed by atoms with Crippen LogP contribution in [-0.4, -0.2) is 22.6 Å². The van der Waals surface area contributed by atoms with Gasteiger partial charge in [-0.15, -0.1) is 0 Å². The minimum absolute atomic E-state index is 0.0768.